The smallest absolute Gasteiger partial charge is 0.0933 e. The van der Waals surface area contributed by atoms with Gasteiger partial charge in [-0.1, -0.05) is 36.4 Å². The van der Waals surface area contributed by atoms with Gasteiger partial charge in [-0.3, -0.25) is 0 Å². The van der Waals surface area contributed by atoms with Crippen LogP contribution in [0.4, 0.5) is 0 Å². The molecule has 2 aromatic heterocycles. The lowest BCUT2D eigenvalue weighted by Gasteiger charge is -1.99. The highest BCUT2D eigenvalue weighted by Gasteiger charge is 2.06. The highest BCUT2D eigenvalue weighted by Crippen LogP contribution is 2.21. The zero-order chi connectivity index (χ0) is 11.8. The Morgan fingerprint density at radius 2 is 1.76 bits per heavy atom. The molecule has 3 aromatic rings. The Kier molecular flexibility index (Phi) is 2.22. The van der Waals surface area contributed by atoms with Crippen LogP contribution in [0.1, 0.15) is 11.1 Å². The third kappa shape index (κ3) is 1.72. The minimum atomic E-state index is 1.03. The van der Waals surface area contributed by atoms with Crippen molar-refractivity contribution in [1.82, 2.24) is 9.61 Å². The average molecular weight is 222 g/mol. The van der Waals surface area contributed by atoms with Gasteiger partial charge in [-0.05, 0) is 31.0 Å². The van der Waals surface area contributed by atoms with Gasteiger partial charge < -0.3 is 0 Å². The van der Waals surface area contributed by atoms with E-state index >= 15 is 0 Å². The summed E-state index contributed by atoms with van der Waals surface area (Å²) < 4.78 is 1.97. The summed E-state index contributed by atoms with van der Waals surface area (Å²) in [4.78, 5) is 0. The molecule has 0 unspecified atom stereocenters. The molecule has 0 saturated heterocycles. The third-order valence-electron chi connectivity index (χ3n) is 2.98. The van der Waals surface area contributed by atoms with Crippen molar-refractivity contribution in [3.05, 3.63) is 59.8 Å². The predicted molar refractivity (Wildman–Crippen MR) is 70.1 cm³/mol. The molecular formula is C15H14N2. The Balaban J connectivity index is 2.24. The molecule has 0 atom stereocenters. The second-order valence-corrected chi connectivity index (χ2v) is 4.43. The lowest BCUT2D eigenvalue weighted by molar-refractivity contribution is 0.950. The van der Waals surface area contributed by atoms with Crippen molar-refractivity contribution in [1.29, 1.82) is 0 Å². The fourth-order valence-electron chi connectivity index (χ4n) is 2.18. The second-order valence-electron chi connectivity index (χ2n) is 4.43. The van der Waals surface area contributed by atoms with E-state index in [1.165, 1.54) is 16.6 Å². The van der Waals surface area contributed by atoms with Gasteiger partial charge in [0.05, 0.1) is 11.2 Å². The normalized spacial score (nSPS) is 10.9. The Bertz CT molecular complexity index is 666. The first-order valence-corrected chi connectivity index (χ1v) is 5.76. The molecule has 0 bridgehead atoms. The maximum Gasteiger partial charge on any atom is 0.0933 e. The third-order valence-corrected chi connectivity index (χ3v) is 2.98. The van der Waals surface area contributed by atoms with E-state index in [9.17, 15) is 0 Å². The van der Waals surface area contributed by atoms with Gasteiger partial charge in [-0.25, -0.2) is 4.52 Å². The maximum atomic E-state index is 4.62. The molecular weight excluding hydrogens is 208 g/mol. The van der Waals surface area contributed by atoms with Crippen molar-refractivity contribution in [3.63, 3.8) is 0 Å². The average Bonchev–Trinajstić information content (AvgIpc) is 2.74. The molecule has 2 heterocycles. The van der Waals surface area contributed by atoms with Gasteiger partial charge in [-0.15, -0.1) is 0 Å². The summed E-state index contributed by atoms with van der Waals surface area (Å²) in [6.07, 6.45) is 2.06. The number of aromatic nitrogens is 2. The topological polar surface area (TPSA) is 17.3 Å². The van der Waals surface area contributed by atoms with Crippen molar-refractivity contribution >= 4 is 5.52 Å². The summed E-state index contributed by atoms with van der Waals surface area (Å²) in [6, 6.07) is 14.6. The molecule has 17 heavy (non-hydrogen) atoms. The van der Waals surface area contributed by atoms with Gasteiger partial charge in [-0.2, -0.15) is 5.10 Å². The number of benzene rings is 1. The number of hydrogen-bond acceptors (Lipinski definition) is 1. The first-order valence-electron chi connectivity index (χ1n) is 5.76. The van der Waals surface area contributed by atoms with Crippen LogP contribution in [0.5, 0.6) is 0 Å². The zero-order valence-corrected chi connectivity index (χ0v) is 10.0. The lowest BCUT2D eigenvalue weighted by atomic mass is 10.1. The van der Waals surface area contributed by atoms with Gasteiger partial charge in [0, 0.05) is 11.8 Å². The first kappa shape index (κ1) is 10.1. The minimum absolute atomic E-state index is 1.03. The van der Waals surface area contributed by atoms with E-state index in [0.29, 0.717) is 0 Å². The summed E-state index contributed by atoms with van der Waals surface area (Å²) in [6.45, 7) is 4.22. The fraction of sp³-hybridized carbons (Fsp3) is 0.133. The molecule has 0 spiro atoms. The first-order chi connectivity index (χ1) is 8.24. The van der Waals surface area contributed by atoms with Crippen LogP contribution in [-0.4, -0.2) is 9.61 Å². The van der Waals surface area contributed by atoms with E-state index in [2.05, 4.69) is 49.4 Å². The van der Waals surface area contributed by atoms with Crippen LogP contribution in [0.2, 0.25) is 0 Å². The molecule has 0 aliphatic carbocycles. The number of rotatable bonds is 1. The summed E-state index contributed by atoms with van der Waals surface area (Å²) in [5.74, 6) is 0. The van der Waals surface area contributed by atoms with E-state index in [0.717, 1.165) is 11.3 Å². The molecule has 2 nitrogen and oxygen atoms in total. The van der Waals surface area contributed by atoms with E-state index in [1.807, 2.05) is 22.7 Å². The van der Waals surface area contributed by atoms with E-state index in [1.54, 1.807) is 0 Å². The Hall–Kier alpha value is -2.09. The number of nitrogens with zero attached hydrogens (tertiary/aromatic N) is 2. The molecule has 0 aliphatic rings. The Morgan fingerprint density at radius 3 is 2.53 bits per heavy atom. The summed E-state index contributed by atoms with van der Waals surface area (Å²) in [5, 5.41) is 4.62. The highest BCUT2D eigenvalue weighted by molar-refractivity contribution is 5.68. The number of pyridine rings is 1. The van der Waals surface area contributed by atoms with Crippen LogP contribution in [0, 0.1) is 13.8 Å². The van der Waals surface area contributed by atoms with Gasteiger partial charge in [0.2, 0.25) is 0 Å². The summed E-state index contributed by atoms with van der Waals surface area (Å²) >= 11 is 0. The van der Waals surface area contributed by atoms with Crippen LogP contribution in [0.25, 0.3) is 16.8 Å². The van der Waals surface area contributed by atoms with Crippen molar-refractivity contribution in [2.24, 2.45) is 0 Å². The maximum absolute atomic E-state index is 4.62. The molecule has 84 valence electrons. The van der Waals surface area contributed by atoms with Crippen molar-refractivity contribution in [2.45, 2.75) is 13.8 Å². The van der Waals surface area contributed by atoms with Gasteiger partial charge >= 0.3 is 0 Å². The monoisotopic (exact) mass is 222 g/mol. The molecule has 0 aliphatic heterocycles. The second kappa shape index (κ2) is 3.74. The number of aryl methyl sites for hydroxylation is 2. The van der Waals surface area contributed by atoms with Crippen molar-refractivity contribution < 1.29 is 0 Å². The van der Waals surface area contributed by atoms with E-state index in [4.69, 9.17) is 0 Å². The molecule has 0 amide bonds. The molecule has 1 aromatic carbocycles. The largest absolute Gasteiger partial charge is 0.240 e. The van der Waals surface area contributed by atoms with Crippen LogP contribution in [0.3, 0.4) is 0 Å². The lowest BCUT2D eigenvalue weighted by Crippen LogP contribution is -1.90. The fourth-order valence-corrected chi connectivity index (χ4v) is 2.18. The van der Waals surface area contributed by atoms with Crippen molar-refractivity contribution in [2.75, 3.05) is 0 Å². The molecule has 3 rings (SSSR count). The van der Waals surface area contributed by atoms with Gasteiger partial charge in [0.1, 0.15) is 0 Å². The SMILES string of the molecule is Cc1cc(C)c2cc(-c3ccccc3)nn2c1. The van der Waals surface area contributed by atoms with Crippen LogP contribution in [-0.2, 0) is 0 Å². The van der Waals surface area contributed by atoms with Crippen LogP contribution in [0.15, 0.2) is 48.7 Å². The standard InChI is InChI=1S/C15H14N2/c1-11-8-12(2)15-9-14(16-17(15)10-11)13-6-4-3-5-7-13/h3-10H,1-2H3. The molecule has 0 fully saturated rings. The molecule has 0 N–H and O–H groups in total. The molecule has 0 saturated carbocycles. The van der Waals surface area contributed by atoms with Gasteiger partial charge in [0.15, 0.2) is 0 Å². The van der Waals surface area contributed by atoms with E-state index in [-0.39, 0.29) is 0 Å². The predicted octanol–water partition coefficient (Wildman–Crippen LogP) is 3.62. The quantitative estimate of drug-likeness (QED) is 0.614. The Labute approximate surface area is 101 Å². The van der Waals surface area contributed by atoms with E-state index < -0.39 is 0 Å². The molecule has 0 radical (unpaired) electrons. The summed E-state index contributed by atoms with van der Waals surface area (Å²) in [7, 11) is 0. The van der Waals surface area contributed by atoms with Crippen LogP contribution >= 0.6 is 0 Å². The summed E-state index contributed by atoms with van der Waals surface area (Å²) in [5.41, 5.74) is 5.86. The highest BCUT2D eigenvalue weighted by atomic mass is 15.2. The van der Waals surface area contributed by atoms with Crippen LogP contribution < -0.4 is 0 Å². The number of hydrogen-bond donors (Lipinski definition) is 0. The Morgan fingerprint density at radius 1 is 1.00 bits per heavy atom. The zero-order valence-electron chi connectivity index (χ0n) is 10.0. The molecule has 2 heteroatoms. The number of fused-ring (bicyclic) bond motifs is 1. The minimum Gasteiger partial charge on any atom is -0.240 e. The van der Waals surface area contributed by atoms with Gasteiger partial charge in [0.25, 0.3) is 0 Å². The van der Waals surface area contributed by atoms with Crippen molar-refractivity contribution in [3.8, 4) is 11.3 Å².